The fraction of sp³-hybridized carbons (Fsp3) is 0.750. The third kappa shape index (κ3) is 2.04. The minimum Gasteiger partial charge on any atom is -0.393 e. The third-order valence-corrected chi connectivity index (χ3v) is 8.01. The number of aliphatic hydroxyl groups is 1. The van der Waals surface area contributed by atoms with Gasteiger partial charge in [-0.25, -0.2) is 0 Å². The van der Waals surface area contributed by atoms with Gasteiger partial charge in [-0.1, -0.05) is 13.8 Å². The summed E-state index contributed by atoms with van der Waals surface area (Å²) in [5.41, 5.74) is 0.297. The summed E-state index contributed by atoms with van der Waals surface area (Å²) >= 11 is 0. The smallest absolute Gasteiger partial charge is 0.273 e. The lowest BCUT2D eigenvalue weighted by Crippen LogP contribution is -2.51. The maximum Gasteiger partial charge on any atom is 0.273 e. The maximum atomic E-state index is 13.7. The molecule has 0 bridgehead atoms. The molecule has 4 rings (SSSR count). The Labute approximate surface area is 142 Å². The number of aliphatic hydroxyl groups excluding tert-OH is 1. The van der Waals surface area contributed by atoms with Gasteiger partial charge in [0.1, 0.15) is 0 Å². The lowest BCUT2D eigenvalue weighted by Gasteiger charge is -2.58. The zero-order valence-corrected chi connectivity index (χ0v) is 14.4. The zero-order valence-electron chi connectivity index (χ0n) is 14.4. The number of ketones is 1. The minimum atomic E-state index is -1.62. The van der Waals surface area contributed by atoms with Gasteiger partial charge in [0.05, 0.1) is 6.10 Å². The zero-order chi connectivity index (χ0) is 17.3. The molecule has 0 aliphatic heterocycles. The van der Waals surface area contributed by atoms with E-state index in [4.69, 9.17) is 0 Å². The number of carbonyl (C=O) groups excluding carboxylic acids is 1. The van der Waals surface area contributed by atoms with Gasteiger partial charge in [0.15, 0.2) is 5.78 Å². The molecule has 1 N–H and O–H groups in total. The molecule has 0 heterocycles. The predicted molar refractivity (Wildman–Crippen MR) is 87.3 cm³/mol. The van der Waals surface area contributed by atoms with Crippen LogP contribution in [-0.4, -0.2) is 17.0 Å². The Hall–Kier alpha value is -1.03. The summed E-state index contributed by atoms with van der Waals surface area (Å²) in [6.07, 6.45) is 4.77. The van der Waals surface area contributed by atoms with Gasteiger partial charge in [0, 0.05) is 12.0 Å². The lowest BCUT2D eigenvalue weighted by molar-refractivity contribution is -0.117. The van der Waals surface area contributed by atoms with Crippen LogP contribution in [-0.2, 0) is 4.79 Å². The van der Waals surface area contributed by atoms with Crippen molar-refractivity contribution in [3.63, 3.8) is 0 Å². The summed E-state index contributed by atoms with van der Waals surface area (Å²) < 4.78 is 27.5. The Morgan fingerprint density at radius 3 is 2.62 bits per heavy atom. The van der Waals surface area contributed by atoms with Crippen LogP contribution in [0.4, 0.5) is 8.78 Å². The van der Waals surface area contributed by atoms with E-state index in [1.807, 2.05) is 0 Å². The number of hydrogen-bond donors (Lipinski definition) is 1. The molecular formula is C20H26F2O2. The van der Waals surface area contributed by atoms with Gasteiger partial charge in [-0.15, -0.1) is 0 Å². The standard InChI is InChI=1S/C20H26F2O2/c1-19-7-5-11(23)9-16(19)13(18(21)22)10-12-14-3-4-17(24)20(14,2)8-6-15(12)19/h9,12,14-15,17,24H,3-8,10H2,1-2H3/t12-,14-,15-,17+,19+,20-/m0/s1. The van der Waals surface area contributed by atoms with E-state index in [2.05, 4.69) is 13.8 Å². The lowest BCUT2D eigenvalue weighted by atomic mass is 9.46. The SMILES string of the molecule is C[C@]12CC[C@H]3[C@@H](CC(=C(F)F)C4=CC(=O)CC[C@@]43C)[C@@H]1CC[C@H]2O. The monoisotopic (exact) mass is 336 g/mol. The molecule has 0 aromatic rings. The van der Waals surface area contributed by atoms with E-state index in [1.165, 1.54) is 6.08 Å². The second-order valence-corrected chi connectivity index (χ2v) is 8.90. The highest BCUT2D eigenvalue weighted by Crippen LogP contribution is 2.66. The number of allylic oxidation sites excluding steroid dienone is 2. The molecular weight excluding hydrogens is 310 g/mol. The second-order valence-electron chi connectivity index (χ2n) is 8.90. The van der Waals surface area contributed by atoms with E-state index in [9.17, 15) is 18.7 Å². The van der Waals surface area contributed by atoms with Crippen LogP contribution in [0.3, 0.4) is 0 Å². The van der Waals surface area contributed by atoms with E-state index in [-0.39, 0.29) is 34.2 Å². The van der Waals surface area contributed by atoms with Crippen LogP contribution in [0.25, 0.3) is 0 Å². The van der Waals surface area contributed by atoms with Crippen molar-refractivity contribution < 1.29 is 18.7 Å². The summed E-state index contributed by atoms with van der Waals surface area (Å²) in [6.45, 7) is 4.25. The van der Waals surface area contributed by atoms with Crippen LogP contribution < -0.4 is 0 Å². The predicted octanol–water partition coefficient (Wildman–Crippen LogP) is 4.64. The summed E-state index contributed by atoms with van der Waals surface area (Å²) in [5, 5.41) is 10.5. The molecule has 4 heteroatoms. The van der Waals surface area contributed by atoms with Crippen LogP contribution in [0.15, 0.2) is 23.3 Å². The number of fused-ring (bicyclic) bond motifs is 5. The van der Waals surface area contributed by atoms with Crippen LogP contribution in [0.2, 0.25) is 0 Å². The van der Waals surface area contributed by atoms with Gasteiger partial charge in [-0.3, -0.25) is 4.79 Å². The molecule has 0 spiro atoms. The Kier molecular flexibility index (Phi) is 3.58. The topological polar surface area (TPSA) is 37.3 Å². The minimum absolute atomic E-state index is 0.0170. The molecule has 3 fully saturated rings. The number of rotatable bonds is 0. The highest BCUT2D eigenvalue weighted by atomic mass is 19.3. The van der Waals surface area contributed by atoms with Crippen molar-refractivity contribution >= 4 is 5.78 Å². The first-order valence-electron chi connectivity index (χ1n) is 9.25. The molecule has 4 aliphatic carbocycles. The first-order valence-corrected chi connectivity index (χ1v) is 9.25. The fourth-order valence-electron chi connectivity index (χ4n) is 6.59. The van der Waals surface area contributed by atoms with E-state index in [0.29, 0.717) is 36.7 Å². The number of hydrogen-bond acceptors (Lipinski definition) is 2. The van der Waals surface area contributed by atoms with Crippen molar-refractivity contribution in [3.8, 4) is 0 Å². The molecule has 0 saturated heterocycles. The van der Waals surface area contributed by atoms with Crippen LogP contribution in [0.5, 0.6) is 0 Å². The van der Waals surface area contributed by atoms with Crippen molar-refractivity contribution in [1.82, 2.24) is 0 Å². The van der Waals surface area contributed by atoms with Gasteiger partial charge in [-0.05, 0) is 78.8 Å². The van der Waals surface area contributed by atoms with Crippen molar-refractivity contribution in [2.24, 2.45) is 28.6 Å². The van der Waals surface area contributed by atoms with E-state index < -0.39 is 6.08 Å². The van der Waals surface area contributed by atoms with E-state index in [1.54, 1.807) is 0 Å². The van der Waals surface area contributed by atoms with Crippen molar-refractivity contribution in [2.45, 2.75) is 64.9 Å². The summed E-state index contributed by atoms with van der Waals surface area (Å²) in [6, 6.07) is 0. The van der Waals surface area contributed by atoms with Crippen LogP contribution in [0, 0.1) is 28.6 Å². The molecule has 24 heavy (non-hydrogen) atoms. The normalized spacial score (nSPS) is 47.6. The summed E-state index contributed by atoms with van der Waals surface area (Å²) in [5.74, 6) is 0.851. The molecule has 4 aliphatic rings. The molecule has 3 saturated carbocycles. The van der Waals surface area contributed by atoms with Gasteiger partial charge < -0.3 is 5.11 Å². The Morgan fingerprint density at radius 2 is 1.92 bits per heavy atom. The van der Waals surface area contributed by atoms with Crippen molar-refractivity contribution in [3.05, 3.63) is 23.3 Å². The van der Waals surface area contributed by atoms with Gasteiger partial charge in [-0.2, -0.15) is 8.78 Å². The number of carbonyl (C=O) groups is 1. The number of halogens is 2. The van der Waals surface area contributed by atoms with Gasteiger partial charge >= 0.3 is 0 Å². The van der Waals surface area contributed by atoms with Gasteiger partial charge in [0.25, 0.3) is 6.08 Å². The van der Waals surface area contributed by atoms with Crippen LogP contribution >= 0.6 is 0 Å². The quantitative estimate of drug-likeness (QED) is 0.700. The highest BCUT2D eigenvalue weighted by molar-refractivity contribution is 5.92. The molecule has 0 aromatic heterocycles. The molecule has 0 unspecified atom stereocenters. The highest BCUT2D eigenvalue weighted by Gasteiger charge is 2.60. The third-order valence-electron chi connectivity index (χ3n) is 8.01. The maximum absolute atomic E-state index is 13.7. The Morgan fingerprint density at radius 1 is 1.17 bits per heavy atom. The average Bonchev–Trinajstić information content (AvgIpc) is 2.83. The molecule has 132 valence electrons. The Balaban J connectivity index is 1.81. The van der Waals surface area contributed by atoms with Gasteiger partial charge in [0.2, 0.25) is 0 Å². The van der Waals surface area contributed by atoms with E-state index in [0.717, 1.165) is 25.7 Å². The van der Waals surface area contributed by atoms with Crippen molar-refractivity contribution in [2.75, 3.05) is 0 Å². The largest absolute Gasteiger partial charge is 0.393 e. The fourth-order valence-corrected chi connectivity index (χ4v) is 6.59. The van der Waals surface area contributed by atoms with E-state index >= 15 is 0 Å². The van der Waals surface area contributed by atoms with Crippen LogP contribution in [0.1, 0.15) is 58.8 Å². The first kappa shape index (κ1) is 16.4. The molecule has 0 radical (unpaired) electrons. The molecule has 0 amide bonds. The summed E-state index contributed by atoms with van der Waals surface area (Å²) in [7, 11) is 0. The Bertz CT molecular complexity index is 648. The van der Waals surface area contributed by atoms with Crippen molar-refractivity contribution in [1.29, 1.82) is 0 Å². The average molecular weight is 336 g/mol. The molecule has 2 nitrogen and oxygen atoms in total. The molecule has 6 atom stereocenters. The summed E-state index contributed by atoms with van der Waals surface area (Å²) in [4.78, 5) is 11.9. The first-order chi connectivity index (χ1) is 11.3. The second kappa shape index (κ2) is 5.23. The molecule has 0 aromatic carbocycles.